The van der Waals surface area contributed by atoms with Gasteiger partial charge in [0.1, 0.15) is 0 Å². The summed E-state index contributed by atoms with van der Waals surface area (Å²) in [6.07, 6.45) is 1.44. The maximum atomic E-state index is 12.3. The number of nitrogens with zero attached hydrogens (tertiary/aromatic N) is 2. The predicted octanol–water partition coefficient (Wildman–Crippen LogP) is 4.34. The first kappa shape index (κ1) is 22.1. The number of aromatic nitrogens is 2. The molecule has 0 aliphatic heterocycles. The van der Waals surface area contributed by atoms with Gasteiger partial charge in [0.15, 0.2) is 11.5 Å². The molecule has 0 atom stereocenters. The number of carbonyl (C=O) groups excluding carboxylic acids is 1. The van der Waals surface area contributed by atoms with E-state index in [0.717, 1.165) is 16.8 Å². The number of rotatable bonds is 9. The number of amides is 1. The van der Waals surface area contributed by atoms with Crippen LogP contribution in [0, 0.1) is 13.8 Å². The molecule has 0 bridgehead atoms. The number of hydrogen-bond donors (Lipinski definition) is 1. The molecule has 31 heavy (non-hydrogen) atoms. The Morgan fingerprint density at radius 1 is 1.06 bits per heavy atom. The van der Waals surface area contributed by atoms with Crippen LogP contribution in [-0.2, 0) is 11.2 Å². The van der Waals surface area contributed by atoms with E-state index >= 15 is 0 Å². The Labute approximate surface area is 181 Å². The van der Waals surface area contributed by atoms with Crippen LogP contribution in [0.15, 0.2) is 34.9 Å². The largest absolute Gasteiger partial charge is 0.493 e. The molecule has 164 valence electrons. The van der Waals surface area contributed by atoms with Crippen molar-refractivity contribution in [3.8, 4) is 28.6 Å². The van der Waals surface area contributed by atoms with E-state index in [1.165, 1.54) is 0 Å². The Hall–Kier alpha value is -3.55. The second-order valence-corrected chi connectivity index (χ2v) is 7.07. The first-order chi connectivity index (χ1) is 15.0. The molecule has 0 spiro atoms. The van der Waals surface area contributed by atoms with Crippen molar-refractivity contribution in [2.45, 2.75) is 33.1 Å². The van der Waals surface area contributed by atoms with Crippen LogP contribution in [-0.4, -0.2) is 37.4 Å². The Balaban J connectivity index is 1.62. The maximum Gasteiger partial charge on any atom is 0.226 e. The van der Waals surface area contributed by atoms with Crippen molar-refractivity contribution in [1.29, 1.82) is 0 Å². The highest BCUT2D eigenvalue weighted by Crippen LogP contribution is 2.40. The minimum Gasteiger partial charge on any atom is -0.493 e. The lowest BCUT2D eigenvalue weighted by Crippen LogP contribution is -2.12. The van der Waals surface area contributed by atoms with Crippen molar-refractivity contribution >= 4 is 11.6 Å². The van der Waals surface area contributed by atoms with E-state index in [0.29, 0.717) is 53.8 Å². The smallest absolute Gasteiger partial charge is 0.226 e. The van der Waals surface area contributed by atoms with Crippen molar-refractivity contribution in [3.05, 3.63) is 47.3 Å². The fraction of sp³-hybridized carbons (Fsp3) is 0.348. The number of carbonyl (C=O) groups is 1. The highest BCUT2D eigenvalue weighted by molar-refractivity contribution is 5.91. The summed E-state index contributed by atoms with van der Waals surface area (Å²) < 4.78 is 21.4. The Morgan fingerprint density at radius 3 is 2.42 bits per heavy atom. The van der Waals surface area contributed by atoms with Gasteiger partial charge in [-0.05, 0) is 49.6 Å². The molecule has 8 heteroatoms. The number of benzene rings is 2. The summed E-state index contributed by atoms with van der Waals surface area (Å²) in [4.78, 5) is 16.7. The zero-order valence-corrected chi connectivity index (χ0v) is 18.4. The Kier molecular flexibility index (Phi) is 7.12. The standard InChI is InChI=1S/C23H27N3O5/c1-14-8-6-9-17(15(14)2)24-20(27)10-7-11-21-25-23(26-31-21)16-12-18(28-3)22(30-5)19(13-16)29-4/h6,8-9,12-13H,7,10-11H2,1-5H3,(H,24,27). The first-order valence-corrected chi connectivity index (χ1v) is 9.95. The molecule has 3 rings (SSSR count). The topological polar surface area (TPSA) is 95.7 Å². The highest BCUT2D eigenvalue weighted by Gasteiger charge is 2.17. The Morgan fingerprint density at radius 2 is 1.77 bits per heavy atom. The zero-order valence-electron chi connectivity index (χ0n) is 18.4. The summed E-state index contributed by atoms with van der Waals surface area (Å²) in [6, 6.07) is 9.37. The van der Waals surface area contributed by atoms with Gasteiger partial charge < -0.3 is 24.1 Å². The van der Waals surface area contributed by atoms with Crippen molar-refractivity contribution in [2.24, 2.45) is 0 Å². The number of nitrogens with one attached hydrogen (secondary N) is 1. The minimum atomic E-state index is -0.0435. The van der Waals surface area contributed by atoms with E-state index < -0.39 is 0 Å². The van der Waals surface area contributed by atoms with E-state index in [2.05, 4.69) is 15.5 Å². The van der Waals surface area contributed by atoms with Crippen molar-refractivity contribution in [2.75, 3.05) is 26.6 Å². The first-order valence-electron chi connectivity index (χ1n) is 9.95. The summed E-state index contributed by atoms with van der Waals surface area (Å²) in [5, 5.41) is 7.00. The average molecular weight is 425 g/mol. The quantitative estimate of drug-likeness (QED) is 0.545. The van der Waals surface area contributed by atoms with Gasteiger partial charge >= 0.3 is 0 Å². The summed E-state index contributed by atoms with van der Waals surface area (Å²) in [7, 11) is 4.64. The normalized spacial score (nSPS) is 10.6. The molecule has 1 amide bonds. The number of aryl methyl sites for hydroxylation is 2. The molecule has 1 N–H and O–H groups in total. The predicted molar refractivity (Wildman–Crippen MR) is 117 cm³/mol. The van der Waals surface area contributed by atoms with Crippen LogP contribution < -0.4 is 19.5 Å². The van der Waals surface area contributed by atoms with Crippen molar-refractivity contribution < 1.29 is 23.5 Å². The summed E-state index contributed by atoms with van der Waals surface area (Å²) >= 11 is 0. The van der Waals surface area contributed by atoms with Crippen LogP contribution in [0.3, 0.4) is 0 Å². The molecule has 0 saturated heterocycles. The lowest BCUT2D eigenvalue weighted by Gasteiger charge is -2.12. The molecular formula is C23H27N3O5. The highest BCUT2D eigenvalue weighted by atomic mass is 16.5. The molecule has 0 unspecified atom stereocenters. The van der Waals surface area contributed by atoms with Gasteiger partial charge in [-0.15, -0.1) is 0 Å². The molecule has 0 fully saturated rings. The third-order valence-corrected chi connectivity index (χ3v) is 5.06. The van der Waals surface area contributed by atoms with Crippen LogP contribution in [0.1, 0.15) is 29.9 Å². The van der Waals surface area contributed by atoms with E-state index in [9.17, 15) is 4.79 Å². The van der Waals surface area contributed by atoms with Crippen molar-refractivity contribution in [3.63, 3.8) is 0 Å². The van der Waals surface area contributed by atoms with Crippen LogP contribution in [0.5, 0.6) is 17.2 Å². The van der Waals surface area contributed by atoms with Crippen LogP contribution in [0.4, 0.5) is 5.69 Å². The molecule has 2 aromatic carbocycles. The number of anilines is 1. The van der Waals surface area contributed by atoms with Gasteiger partial charge in [0.05, 0.1) is 21.3 Å². The molecule has 1 heterocycles. The van der Waals surface area contributed by atoms with Gasteiger partial charge in [-0.1, -0.05) is 17.3 Å². The Bertz CT molecular complexity index is 1040. The van der Waals surface area contributed by atoms with E-state index in [-0.39, 0.29) is 5.91 Å². The molecule has 0 aliphatic carbocycles. The second-order valence-electron chi connectivity index (χ2n) is 7.07. The van der Waals surface area contributed by atoms with Crippen LogP contribution in [0.25, 0.3) is 11.4 Å². The van der Waals surface area contributed by atoms with E-state index in [4.69, 9.17) is 18.7 Å². The van der Waals surface area contributed by atoms with Crippen LogP contribution >= 0.6 is 0 Å². The van der Waals surface area contributed by atoms with Gasteiger partial charge in [-0.2, -0.15) is 4.98 Å². The molecular weight excluding hydrogens is 398 g/mol. The van der Waals surface area contributed by atoms with Gasteiger partial charge in [-0.25, -0.2) is 0 Å². The van der Waals surface area contributed by atoms with Crippen molar-refractivity contribution in [1.82, 2.24) is 10.1 Å². The van der Waals surface area contributed by atoms with Gasteiger partial charge in [0.2, 0.25) is 23.4 Å². The zero-order chi connectivity index (χ0) is 22.4. The van der Waals surface area contributed by atoms with Gasteiger partial charge in [-0.3, -0.25) is 4.79 Å². The lowest BCUT2D eigenvalue weighted by molar-refractivity contribution is -0.116. The average Bonchev–Trinajstić information content (AvgIpc) is 3.24. The third-order valence-electron chi connectivity index (χ3n) is 5.06. The number of hydrogen-bond acceptors (Lipinski definition) is 7. The molecule has 0 radical (unpaired) electrons. The molecule has 3 aromatic rings. The molecule has 0 saturated carbocycles. The van der Waals surface area contributed by atoms with Gasteiger partial charge in [0, 0.05) is 24.1 Å². The molecule has 0 aliphatic rings. The maximum absolute atomic E-state index is 12.3. The minimum absolute atomic E-state index is 0.0435. The summed E-state index contributed by atoms with van der Waals surface area (Å²) in [5.74, 6) is 2.33. The fourth-order valence-electron chi connectivity index (χ4n) is 3.18. The van der Waals surface area contributed by atoms with Crippen LogP contribution in [0.2, 0.25) is 0 Å². The monoisotopic (exact) mass is 425 g/mol. The number of ether oxygens (including phenoxy) is 3. The van der Waals surface area contributed by atoms with Gasteiger partial charge in [0.25, 0.3) is 0 Å². The molecule has 1 aromatic heterocycles. The SMILES string of the molecule is COc1cc(-c2noc(CCCC(=O)Nc3cccc(C)c3C)n2)cc(OC)c1OC. The second kappa shape index (κ2) is 9.97. The molecule has 8 nitrogen and oxygen atoms in total. The summed E-state index contributed by atoms with van der Waals surface area (Å²) in [6.45, 7) is 4.01. The summed E-state index contributed by atoms with van der Waals surface area (Å²) in [5.41, 5.74) is 3.73. The number of methoxy groups -OCH3 is 3. The van der Waals surface area contributed by atoms with E-state index in [1.54, 1.807) is 33.5 Å². The lowest BCUT2D eigenvalue weighted by atomic mass is 10.1. The fourth-order valence-corrected chi connectivity index (χ4v) is 3.18. The van der Waals surface area contributed by atoms with E-state index in [1.807, 2.05) is 32.0 Å². The third kappa shape index (κ3) is 5.14.